The van der Waals surface area contributed by atoms with Crippen molar-refractivity contribution >= 4 is 12.3 Å². The molecule has 0 aromatic heterocycles. The number of hydrogen-bond donors (Lipinski definition) is 0. The van der Waals surface area contributed by atoms with Crippen molar-refractivity contribution in [3.8, 4) is 6.07 Å². The number of fused-ring (bicyclic) bond motifs is 1. The van der Waals surface area contributed by atoms with Crippen LogP contribution in [-0.4, -0.2) is 17.9 Å². The molecule has 1 aromatic rings. The van der Waals surface area contributed by atoms with Crippen LogP contribution in [0.25, 0.3) is 0 Å². The smallest absolute Gasteiger partial charge is 0.433 e. The number of benzene rings is 1. The van der Waals surface area contributed by atoms with Crippen LogP contribution in [0.5, 0.6) is 0 Å². The fourth-order valence-corrected chi connectivity index (χ4v) is 2.39. The molecule has 0 fully saturated rings. The van der Waals surface area contributed by atoms with E-state index in [1.165, 1.54) is 0 Å². The van der Waals surface area contributed by atoms with Crippen molar-refractivity contribution in [2.24, 2.45) is 4.99 Å². The quantitative estimate of drug-likeness (QED) is 0.732. The third-order valence-corrected chi connectivity index (χ3v) is 3.19. The van der Waals surface area contributed by atoms with Crippen molar-refractivity contribution in [1.82, 2.24) is 0 Å². The molecular formula is C16H18N2O2. The topological polar surface area (TPSA) is 62.4 Å². The van der Waals surface area contributed by atoms with E-state index in [0.717, 1.165) is 29.5 Å². The van der Waals surface area contributed by atoms with Crippen LogP contribution in [0.3, 0.4) is 0 Å². The van der Waals surface area contributed by atoms with Crippen LogP contribution in [0.2, 0.25) is 0 Å². The Balaban J connectivity index is 2.12. The summed E-state index contributed by atoms with van der Waals surface area (Å²) in [5, 5.41) is 9.08. The molecule has 0 saturated carbocycles. The van der Waals surface area contributed by atoms with Crippen LogP contribution >= 0.6 is 0 Å². The Hall–Kier alpha value is -2.15. The van der Waals surface area contributed by atoms with Gasteiger partial charge in [0.05, 0.1) is 11.6 Å². The maximum atomic E-state index is 11.6. The van der Waals surface area contributed by atoms with Gasteiger partial charge in [0.15, 0.2) is 0 Å². The molecular weight excluding hydrogens is 252 g/mol. The van der Waals surface area contributed by atoms with Gasteiger partial charge in [0, 0.05) is 12.1 Å². The van der Waals surface area contributed by atoms with Crippen molar-refractivity contribution in [3.63, 3.8) is 0 Å². The summed E-state index contributed by atoms with van der Waals surface area (Å²) in [5.41, 5.74) is 2.36. The van der Waals surface area contributed by atoms with Crippen molar-refractivity contribution in [2.45, 2.75) is 45.1 Å². The first-order chi connectivity index (χ1) is 9.40. The van der Waals surface area contributed by atoms with Gasteiger partial charge >= 0.3 is 6.09 Å². The van der Waals surface area contributed by atoms with E-state index in [4.69, 9.17) is 10.00 Å². The molecule has 0 aliphatic heterocycles. The Morgan fingerprint density at radius 2 is 2.25 bits per heavy atom. The van der Waals surface area contributed by atoms with E-state index < -0.39 is 11.7 Å². The van der Waals surface area contributed by atoms with E-state index >= 15 is 0 Å². The van der Waals surface area contributed by atoms with Gasteiger partial charge in [-0.3, -0.25) is 0 Å². The van der Waals surface area contributed by atoms with Crippen LogP contribution < -0.4 is 0 Å². The largest absolute Gasteiger partial charge is 0.442 e. The molecule has 104 valence electrons. The first kappa shape index (κ1) is 14.3. The number of amides is 1. The zero-order valence-electron chi connectivity index (χ0n) is 12.0. The van der Waals surface area contributed by atoms with Gasteiger partial charge in [-0.05, 0) is 50.8 Å². The van der Waals surface area contributed by atoms with Crippen molar-refractivity contribution in [3.05, 3.63) is 34.9 Å². The summed E-state index contributed by atoms with van der Waals surface area (Å²) in [6.07, 6.45) is 2.80. The molecule has 4 heteroatoms. The lowest BCUT2D eigenvalue weighted by atomic mass is 10.00. The van der Waals surface area contributed by atoms with Crippen LogP contribution in [0.1, 0.15) is 49.8 Å². The zero-order chi connectivity index (χ0) is 14.8. The Morgan fingerprint density at radius 1 is 1.50 bits per heavy atom. The lowest BCUT2D eigenvalue weighted by Gasteiger charge is -2.17. The second-order valence-electron chi connectivity index (χ2n) is 5.89. The third-order valence-electron chi connectivity index (χ3n) is 3.19. The molecule has 4 nitrogen and oxygen atoms in total. The molecule has 20 heavy (non-hydrogen) atoms. The van der Waals surface area contributed by atoms with Crippen LogP contribution in [-0.2, 0) is 11.2 Å². The molecule has 0 spiro atoms. The van der Waals surface area contributed by atoms with Crippen LogP contribution in [0.15, 0.2) is 23.2 Å². The maximum Gasteiger partial charge on any atom is 0.433 e. The molecule has 1 aliphatic carbocycles. The second kappa shape index (κ2) is 5.46. The van der Waals surface area contributed by atoms with Crippen LogP contribution in [0, 0.1) is 11.3 Å². The van der Waals surface area contributed by atoms with Gasteiger partial charge in [-0.15, -0.1) is 0 Å². The average molecular weight is 270 g/mol. The van der Waals surface area contributed by atoms with Gasteiger partial charge in [0.2, 0.25) is 0 Å². The van der Waals surface area contributed by atoms with E-state index in [1.807, 2.05) is 39.0 Å². The van der Waals surface area contributed by atoms with E-state index in [9.17, 15) is 4.79 Å². The number of rotatable bonds is 1. The molecule has 1 amide bonds. The monoisotopic (exact) mass is 270 g/mol. The Labute approximate surface area is 119 Å². The summed E-state index contributed by atoms with van der Waals surface area (Å²) in [6, 6.07) is 7.90. The Kier molecular flexibility index (Phi) is 3.89. The predicted molar refractivity (Wildman–Crippen MR) is 76.9 cm³/mol. The number of ether oxygens (including phenoxy) is 1. The first-order valence-electron chi connectivity index (χ1n) is 6.70. The standard InChI is InChI=1S/C16H18N2O2/c1-16(2,3)20-15(19)18-10-12-7-8-14-11(9-17)5-4-6-13(12)14/h4-6,10,12H,7-8H2,1-3H3. The van der Waals surface area contributed by atoms with Crippen molar-refractivity contribution in [2.75, 3.05) is 0 Å². The summed E-state index contributed by atoms with van der Waals surface area (Å²) in [4.78, 5) is 15.5. The summed E-state index contributed by atoms with van der Waals surface area (Å²) < 4.78 is 5.14. The number of nitriles is 1. The van der Waals surface area contributed by atoms with Gasteiger partial charge in [0.1, 0.15) is 5.60 Å². The molecule has 2 rings (SSSR count). The lowest BCUT2D eigenvalue weighted by Crippen LogP contribution is -2.22. The minimum atomic E-state index is -0.567. The number of carbonyl (C=O) groups excluding carboxylic acids is 1. The fraction of sp³-hybridized carbons (Fsp3) is 0.438. The fourth-order valence-electron chi connectivity index (χ4n) is 2.39. The van der Waals surface area contributed by atoms with E-state index in [2.05, 4.69) is 11.1 Å². The number of aliphatic imine (C=N–C) groups is 1. The molecule has 1 unspecified atom stereocenters. The predicted octanol–water partition coefficient (Wildman–Crippen LogP) is 3.59. The minimum absolute atomic E-state index is 0.0887. The van der Waals surface area contributed by atoms with Gasteiger partial charge in [0.25, 0.3) is 0 Å². The number of nitrogens with zero attached hydrogens (tertiary/aromatic N) is 2. The Morgan fingerprint density at radius 3 is 2.90 bits per heavy atom. The molecule has 1 atom stereocenters. The highest BCUT2D eigenvalue weighted by Crippen LogP contribution is 2.33. The molecule has 0 bridgehead atoms. The van der Waals surface area contributed by atoms with Gasteiger partial charge in [-0.1, -0.05) is 12.1 Å². The number of carbonyl (C=O) groups is 1. The second-order valence-corrected chi connectivity index (χ2v) is 5.89. The third kappa shape index (κ3) is 3.24. The van der Waals surface area contributed by atoms with Gasteiger partial charge in [-0.25, -0.2) is 4.79 Å². The highest BCUT2D eigenvalue weighted by molar-refractivity contribution is 5.83. The summed E-state index contributed by atoms with van der Waals surface area (Å²) in [7, 11) is 0. The zero-order valence-corrected chi connectivity index (χ0v) is 12.0. The Bertz CT molecular complexity index is 591. The normalized spacial score (nSPS) is 17.8. The first-order valence-corrected chi connectivity index (χ1v) is 6.70. The molecule has 0 heterocycles. The minimum Gasteiger partial charge on any atom is -0.442 e. The highest BCUT2D eigenvalue weighted by Gasteiger charge is 2.24. The number of hydrogen-bond acceptors (Lipinski definition) is 3. The summed E-state index contributed by atoms with van der Waals surface area (Å²) >= 11 is 0. The van der Waals surface area contributed by atoms with E-state index in [0.29, 0.717) is 0 Å². The molecule has 0 saturated heterocycles. The van der Waals surface area contributed by atoms with Gasteiger partial charge < -0.3 is 4.74 Å². The average Bonchev–Trinajstić information content (AvgIpc) is 2.77. The lowest BCUT2D eigenvalue weighted by molar-refractivity contribution is 0.0604. The van der Waals surface area contributed by atoms with Crippen molar-refractivity contribution in [1.29, 1.82) is 5.26 Å². The SMILES string of the molecule is CC(C)(C)OC(=O)N=CC1CCc2c(C#N)cccc21. The summed E-state index contributed by atoms with van der Waals surface area (Å²) in [6.45, 7) is 5.43. The molecule has 0 radical (unpaired) electrons. The van der Waals surface area contributed by atoms with E-state index in [-0.39, 0.29) is 5.92 Å². The van der Waals surface area contributed by atoms with E-state index in [1.54, 1.807) is 6.21 Å². The maximum absolute atomic E-state index is 11.6. The molecule has 1 aromatic carbocycles. The van der Waals surface area contributed by atoms with Gasteiger partial charge in [-0.2, -0.15) is 10.3 Å². The molecule has 1 aliphatic rings. The van der Waals surface area contributed by atoms with Crippen molar-refractivity contribution < 1.29 is 9.53 Å². The van der Waals surface area contributed by atoms with Crippen LogP contribution in [0.4, 0.5) is 4.79 Å². The summed E-state index contributed by atoms with van der Waals surface area (Å²) in [5.74, 6) is 0.0887. The highest BCUT2D eigenvalue weighted by atomic mass is 16.6. The molecule has 0 N–H and O–H groups in total.